The van der Waals surface area contributed by atoms with E-state index in [1.165, 1.54) is 36.0 Å². The van der Waals surface area contributed by atoms with E-state index in [-0.39, 0.29) is 0 Å². The average molecular weight is 323 g/mol. The van der Waals surface area contributed by atoms with Crippen LogP contribution in [0.5, 0.6) is 0 Å². The Balaban J connectivity index is 2.32. The lowest BCUT2D eigenvalue weighted by atomic mass is 9.99. The zero-order valence-electron chi connectivity index (χ0n) is 15.3. The van der Waals surface area contributed by atoms with Gasteiger partial charge in [0, 0.05) is 24.9 Å². The summed E-state index contributed by atoms with van der Waals surface area (Å²) in [7, 11) is 0. The standard InChI is InChI=1S/C21H29N3/c1-5-18-11-10-12-19(21(18)23-6-2)17(3)13-14-20(22-4)24-15-8-7-9-16-24/h6,10-14H,4-5,7-9,15-16H2,1-3H3/b17-13+,20-14+,23-6?. The first kappa shape index (κ1) is 18.2. The van der Waals surface area contributed by atoms with Crippen LogP contribution in [0.4, 0.5) is 5.69 Å². The molecule has 0 aromatic heterocycles. The Bertz CT molecular complexity index is 647. The van der Waals surface area contributed by atoms with Crippen LogP contribution < -0.4 is 0 Å². The van der Waals surface area contributed by atoms with Crippen LogP contribution in [0.15, 0.2) is 46.2 Å². The molecule has 1 aromatic carbocycles. The van der Waals surface area contributed by atoms with Gasteiger partial charge in [0.05, 0.1) is 5.69 Å². The normalized spacial score (nSPS) is 16.7. The van der Waals surface area contributed by atoms with Crippen molar-refractivity contribution in [3.63, 3.8) is 0 Å². The van der Waals surface area contributed by atoms with E-state index in [4.69, 9.17) is 0 Å². The number of benzene rings is 1. The Kier molecular flexibility index (Phi) is 6.98. The quantitative estimate of drug-likeness (QED) is 0.508. The minimum Gasteiger partial charge on any atom is -0.357 e. The zero-order valence-corrected chi connectivity index (χ0v) is 15.3. The highest BCUT2D eigenvalue weighted by Crippen LogP contribution is 2.30. The Morgan fingerprint density at radius 2 is 1.96 bits per heavy atom. The molecule has 2 rings (SSSR count). The number of allylic oxidation sites excluding steroid dienone is 3. The maximum atomic E-state index is 4.60. The third kappa shape index (κ3) is 4.44. The molecule has 128 valence electrons. The van der Waals surface area contributed by atoms with Crippen LogP contribution in [0.3, 0.4) is 0 Å². The van der Waals surface area contributed by atoms with Gasteiger partial charge in [-0.2, -0.15) is 0 Å². The molecular formula is C21H29N3. The van der Waals surface area contributed by atoms with Crippen LogP contribution in [0, 0.1) is 0 Å². The maximum Gasteiger partial charge on any atom is 0.127 e. The summed E-state index contributed by atoms with van der Waals surface area (Å²) in [6, 6.07) is 6.41. The fourth-order valence-electron chi connectivity index (χ4n) is 3.15. The number of para-hydroxylation sites is 1. The monoisotopic (exact) mass is 323 g/mol. The predicted octanol–water partition coefficient (Wildman–Crippen LogP) is 5.40. The van der Waals surface area contributed by atoms with Crippen molar-refractivity contribution in [1.29, 1.82) is 0 Å². The first-order valence-electron chi connectivity index (χ1n) is 8.92. The number of hydrogen-bond donors (Lipinski definition) is 0. The molecule has 0 spiro atoms. The number of piperidine rings is 1. The van der Waals surface area contributed by atoms with Gasteiger partial charge < -0.3 is 4.90 Å². The molecule has 0 N–H and O–H groups in total. The van der Waals surface area contributed by atoms with Gasteiger partial charge >= 0.3 is 0 Å². The first-order chi connectivity index (χ1) is 11.7. The first-order valence-corrected chi connectivity index (χ1v) is 8.92. The van der Waals surface area contributed by atoms with E-state index in [1.807, 2.05) is 13.1 Å². The Morgan fingerprint density at radius 1 is 1.21 bits per heavy atom. The second-order valence-electron chi connectivity index (χ2n) is 6.13. The molecule has 1 fully saturated rings. The van der Waals surface area contributed by atoms with Crippen molar-refractivity contribution in [2.45, 2.75) is 46.5 Å². The summed E-state index contributed by atoms with van der Waals surface area (Å²) >= 11 is 0. The van der Waals surface area contributed by atoms with Gasteiger partial charge in [-0.25, -0.2) is 4.99 Å². The third-order valence-electron chi connectivity index (χ3n) is 4.51. The Labute approximate surface area is 146 Å². The molecule has 3 nitrogen and oxygen atoms in total. The highest BCUT2D eigenvalue weighted by Gasteiger charge is 2.12. The van der Waals surface area contributed by atoms with Gasteiger partial charge in [0.15, 0.2) is 0 Å². The molecule has 0 saturated carbocycles. The van der Waals surface area contributed by atoms with Gasteiger partial charge in [0.25, 0.3) is 0 Å². The van der Waals surface area contributed by atoms with Crippen molar-refractivity contribution in [3.05, 3.63) is 47.3 Å². The van der Waals surface area contributed by atoms with Gasteiger partial charge in [0.2, 0.25) is 0 Å². The second-order valence-corrected chi connectivity index (χ2v) is 6.13. The van der Waals surface area contributed by atoms with Crippen molar-refractivity contribution < 1.29 is 0 Å². The van der Waals surface area contributed by atoms with Crippen LogP contribution in [-0.4, -0.2) is 30.9 Å². The molecule has 3 heteroatoms. The summed E-state index contributed by atoms with van der Waals surface area (Å²) in [5.74, 6) is 0.973. The third-order valence-corrected chi connectivity index (χ3v) is 4.51. The van der Waals surface area contributed by atoms with Crippen LogP contribution in [0.1, 0.15) is 51.2 Å². The maximum absolute atomic E-state index is 4.60. The van der Waals surface area contributed by atoms with Crippen LogP contribution in [0.2, 0.25) is 0 Å². The van der Waals surface area contributed by atoms with E-state index in [9.17, 15) is 0 Å². The average Bonchev–Trinajstić information content (AvgIpc) is 2.63. The fourth-order valence-corrected chi connectivity index (χ4v) is 3.15. The number of hydrogen-bond acceptors (Lipinski definition) is 3. The number of aliphatic imine (C=N–C) groups is 2. The van der Waals surface area contributed by atoms with Crippen molar-refractivity contribution >= 4 is 24.2 Å². The van der Waals surface area contributed by atoms with Crippen molar-refractivity contribution in [2.24, 2.45) is 9.98 Å². The largest absolute Gasteiger partial charge is 0.357 e. The molecule has 1 aliphatic heterocycles. The molecule has 1 saturated heterocycles. The minimum atomic E-state index is 0.973. The summed E-state index contributed by atoms with van der Waals surface area (Å²) in [6.45, 7) is 12.2. The lowest BCUT2D eigenvalue weighted by Crippen LogP contribution is -2.28. The van der Waals surface area contributed by atoms with E-state index >= 15 is 0 Å². The van der Waals surface area contributed by atoms with Crippen molar-refractivity contribution in [1.82, 2.24) is 4.90 Å². The Hall–Kier alpha value is -2.16. The summed E-state index contributed by atoms with van der Waals surface area (Å²) in [5.41, 5.74) is 4.74. The molecular weight excluding hydrogens is 294 g/mol. The summed E-state index contributed by atoms with van der Waals surface area (Å²) in [4.78, 5) is 11.2. The molecule has 24 heavy (non-hydrogen) atoms. The molecule has 0 bridgehead atoms. The van der Waals surface area contributed by atoms with Gasteiger partial charge in [-0.05, 0) is 63.5 Å². The molecule has 0 unspecified atom stereocenters. The van der Waals surface area contributed by atoms with E-state index in [0.717, 1.165) is 31.0 Å². The number of rotatable bonds is 6. The topological polar surface area (TPSA) is 28.0 Å². The smallest absolute Gasteiger partial charge is 0.127 e. The minimum absolute atomic E-state index is 0.973. The summed E-state index contributed by atoms with van der Waals surface area (Å²) < 4.78 is 0. The van der Waals surface area contributed by atoms with Crippen LogP contribution in [0.25, 0.3) is 5.57 Å². The lowest BCUT2D eigenvalue weighted by molar-refractivity contribution is 0.283. The van der Waals surface area contributed by atoms with E-state index in [2.05, 4.69) is 65.8 Å². The Morgan fingerprint density at radius 3 is 2.58 bits per heavy atom. The van der Waals surface area contributed by atoms with Crippen molar-refractivity contribution in [3.8, 4) is 0 Å². The molecule has 0 aliphatic carbocycles. The van der Waals surface area contributed by atoms with Crippen LogP contribution in [-0.2, 0) is 6.42 Å². The molecule has 0 radical (unpaired) electrons. The van der Waals surface area contributed by atoms with Gasteiger partial charge in [-0.1, -0.05) is 31.2 Å². The van der Waals surface area contributed by atoms with E-state index < -0.39 is 0 Å². The second kappa shape index (κ2) is 9.21. The zero-order chi connectivity index (χ0) is 17.4. The highest BCUT2D eigenvalue weighted by atomic mass is 15.2. The van der Waals surface area contributed by atoms with Gasteiger partial charge in [-0.3, -0.25) is 4.99 Å². The SMILES string of the molecule is C=N/C(=C\C=C(/C)c1cccc(CC)c1N=CC)N1CCCCC1. The number of aryl methyl sites for hydroxylation is 1. The summed E-state index contributed by atoms with van der Waals surface area (Å²) in [6.07, 6.45) is 10.9. The van der Waals surface area contributed by atoms with E-state index in [0.29, 0.717) is 0 Å². The fraction of sp³-hybridized carbons (Fsp3) is 0.429. The van der Waals surface area contributed by atoms with E-state index in [1.54, 1.807) is 0 Å². The molecule has 0 amide bonds. The van der Waals surface area contributed by atoms with Crippen molar-refractivity contribution in [2.75, 3.05) is 13.1 Å². The molecule has 0 atom stereocenters. The lowest BCUT2D eigenvalue weighted by Gasteiger charge is -2.28. The van der Waals surface area contributed by atoms with Gasteiger partial charge in [-0.15, -0.1) is 0 Å². The molecule has 1 aliphatic rings. The predicted molar refractivity (Wildman–Crippen MR) is 106 cm³/mol. The molecule has 1 heterocycles. The number of nitrogens with zero attached hydrogens (tertiary/aromatic N) is 3. The molecule has 1 aromatic rings. The highest BCUT2D eigenvalue weighted by molar-refractivity contribution is 5.78. The van der Waals surface area contributed by atoms with Crippen LogP contribution >= 0.6 is 0 Å². The van der Waals surface area contributed by atoms with Gasteiger partial charge in [0.1, 0.15) is 5.82 Å². The summed E-state index contributed by atoms with van der Waals surface area (Å²) in [5, 5.41) is 0. The number of likely N-dealkylation sites (tertiary alicyclic amines) is 1.